The normalized spacial score (nSPS) is 12.4. The maximum Gasteiger partial charge on any atom is 0.289 e. The molecule has 3 heteroatoms. The van der Waals surface area contributed by atoms with Crippen LogP contribution in [-0.4, -0.2) is 5.91 Å². The average Bonchev–Trinajstić information content (AvgIpc) is 2.27. The molecule has 0 saturated heterocycles. The minimum Gasteiger partial charge on any atom is -0.269 e. The predicted octanol–water partition coefficient (Wildman–Crippen LogP) is 4.06. The van der Waals surface area contributed by atoms with Crippen LogP contribution in [0.5, 0.6) is 0 Å². The van der Waals surface area contributed by atoms with Crippen LogP contribution < -0.4 is 0 Å². The van der Waals surface area contributed by atoms with Gasteiger partial charge in [0.25, 0.3) is 5.91 Å². The lowest BCUT2D eigenvalue weighted by atomic mass is 9.95. The highest BCUT2D eigenvalue weighted by Gasteiger charge is 2.17. The van der Waals surface area contributed by atoms with Crippen LogP contribution in [0, 0.1) is 10.8 Å². The minimum atomic E-state index is -0.444. The van der Waals surface area contributed by atoms with Gasteiger partial charge < -0.3 is 0 Å². The lowest BCUT2D eigenvalue weighted by molar-refractivity contribution is -0.122. The Kier molecular flexibility index (Phi) is 9.33. The number of carbonyl (C=O) groups excluding carboxylic acids is 1. The van der Waals surface area contributed by atoms with Gasteiger partial charge >= 0.3 is 0 Å². The van der Waals surface area contributed by atoms with E-state index in [-0.39, 0.29) is 5.92 Å². The quantitative estimate of drug-likeness (QED) is 0.428. The molecule has 0 aliphatic rings. The fraction of sp³-hybridized carbons (Fsp3) is 0.917. The molecule has 3 nitrogen and oxygen atoms in total. The number of nitrogens with zero attached hydrogens (tertiary/aromatic N) is 1. The molecule has 1 atom stereocenters. The molecule has 0 saturated carbocycles. The summed E-state index contributed by atoms with van der Waals surface area (Å²) in [7, 11) is 0. The number of amides is 1. The van der Waals surface area contributed by atoms with Gasteiger partial charge in [-0.25, -0.2) is 0 Å². The van der Waals surface area contributed by atoms with Crippen molar-refractivity contribution in [3.8, 4) is 0 Å². The molecule has 0 fully saturated rings. The largest absolute Gasteiger partial charge is 0.289 e. The zero-order valence-electron chi connectivity index (χ0n) is 10.00. The summed E-state index contributed by atoms with van der Waals surface area (Å²) in [6, 6.07) is 0. The second-order valence-corrected chi connectivity index (χ2v) is 4.12. The van der Waals surface area contributed by atoms with E-state index in [1.54, 1.807) is 0 Å². The summed E-state index contributed by atoms with van der Waals surface area (Å²) in [6.45, 7) is 4.25. The van der Waals surface area contributed by atoms with Crippen molar-refractivity contribution in [2.45, 2.75) is 65.2 Å². The predicted molar refractivity (Wildman–Crippen MR) is 62.6 cm³/mol. The van der Waals surface area contributed by atoms with E-state index in [2.05, 4.69) is 19.0 Å². The Morgan fingerprint density at radius 1 is 1.00 bits per heavy atom. The van der Waals surface area contributed by atoms with Gasteiger partial charge in [0.05, 0.1) is 0 Å². The van der Waals surface area contributed by atoms with E-state index in [0.29, 0.717) is 0 Å². The van der Waals surface area contributed by atoms with Gasteiger partial charge in [0.2, 0.25) is 0 Å². The topological polar surface area (TPSA) is 46.5 Å². The molecule has 88 valence electrons. The van der Waals surface area contributed by atoms with Crippen LogP contribution in [0.3, 0.4) is 0 Å². The van der Waals surface area contributed by atoms with E-state index >= 15 is 0 Å². The molecule has 1 amide bonds. The standard InChI is InChI=1S/C12H23NO2/c1-3-5-7-8-10-11(9-6-4-2)12(14)13-15/h11H,3-10H2,1-2H3. The first-order valence-corrected chi connectivity index (χ1v) is 6.13. The Morgan fingerprint density at radius 2 is 1.60 bits per heavy atom. The highest BCUT2D eigenvalue weighted by Crippen LogP contribution is 2.18. The summed E-state index contributed by atoms with van der Waals surface area (Å²) in [5, 5.41) is 2.55. The van der Waals surface area contributed by atoms with Crippen LogP contribution in [0.25, 0.3) is 0 Å². The van der Waals surface area contributed by atoms with E-state index in [1.807, 2.05) is 0 Å². The van der Waals surface area contributed by atoms with E-state index in [0.717, 1.165) is 38.5 Å². The third-order valence-electron chi connectivity index (χ3n) is 2.75. The molecule has 1 unspecified atom stereocenters. The zero-order valence-corrected chi connectivity index (χ0v) is 10.00. The van der Waals surface area contributed by atoms with Crippen molar-refractivity contribution in [1.29, 1.82) is 0 Å². The molecule has 0 rings (SSSR count). The molecule has 0 radical (unpaired) electrons. The molecule has 0 bridgehead atoms. The molecule has 0 aromatic carbocycles. The lowest BCUT2D eigenvalue weighted by Gasteiger charge is -2.10. The van der Waals surface area contributed by atoms with Crippen molar-refractivity contribution in [1.82, 2.24) is 0 Å². The second kappa shape index (κ2) is 9.81. The van der Waals surface area contributed by atoms with Gasteiger partial charge in [0.15, 0.2) is 0 Å². The van der Waals surface area contributed by atoms with E-state index in [4.69, 9.17) is 0 Å². The number of nitroso groups, excluding NO2 is 1. The monoisotopic (exact) mass is 213 g/mol. The molecule has 0 spiro atoms. The first-order valence-electron chi connectivity index (χ1n) is 6.13. The molecule has 0 aliphatic heterocycles. The van der Waals surface area contributed by atoms with E-state index in [1.165, 1.54) is 12.8 Å². The summed E-state index contributed by atoms with van der Waals surface area (Å²) in [5.41, 5.74) is 0. The van der Waals surface area contributed by atoms with Crippen LogP contribution in [0.4, 0.5) is 0 Å². The Labute approximate surface area is 92.6 Å². The molecule has 0 heterocycles. The molecule has 15 heavy (non-hydrogen) atoms. The Hall–Kier alpha value is -0.730. The fourth-order valence-electron chi connectivity index (χ4n) is 1.73. The van der Waals surface area contributed by atoms with Crippen LogP contribution in [-0.2, 0) is 4.79 Å². The Morgan fingerprint density at radius 3 is 2.13 bits per heavy atom. The first kappa shape index (κ1) is 14.3. The van der Waals surface area contributed by atoms with Crippen molar-refractivity contribution in [2.75, 3.05) is 0 Å². The number of hydrogen-bond acceptors (Lipinski definition) is 2. The van der Waals surface area contributed by atoms with Gasteiger partial charge in [-0.1, -0.05) is 52.4 Å². The molecule has 0 aromatic heterocycles. The molecule has 0 aromatic rings. The zero-order chi connectivity index (χ0) is 11.5. The second-order valence-electron chi connectivity index (χ2n) is 4.12. The van der Waals surface area contributed by atoms with E-state index in [9.17, 15) is 9.70 Å². The summed E-state index contributed by atoms with van der Waals surface area (Å²) >= 11 is 0. The number of carbonyl (C=O) groups is 1. The maximum atomic E-state index is 11.2. The van der Waals surface area contributed by atoms with Gasteiger partial charge in [-0.05, 0) is 12.8 Å². The van der Waals surface area contributed by atoms with Crippen molar-refractivity contribution in [3.63, 3.8) is 0 Å². The van der Waals surface area contributed by atoms with Gasteiger partial charge in [-0.3, -0.25) is 4.79 Å². The number of rotatable bonds is 9. The van der Waals surface area contributed by atoms with E-state index < -0.39 is 5.91 Å². The summed E-state index contributed by atoms with van der Waals surface area (Å²) < 4.78 is 0. The van der Waals surface area contributed by atoms with Crippen molar-refractivity contribution >= 4 is 5.91 Å². The van der Waals surface area contributed by atoms with Gasteiger partial charge in [-0.15, -0.1) is 4.91 Å². The first-order chi connectivity index (χ1) is 7.26. The minimum absolute atomic E-state index is 0.112. The fourth-order valence-corrected chi connectivity index (χ4v) is 1.73. The SMILES string of the molecule is CCCCCCC(CCCC)C(=O)N=O. The Balaban J connectivity index is 3.79. The van der Waals surface area contributed by atoms with Crippen molar-refractivity contribution in [2.24, 2.45) is 11.1 Å². The smallest absolute Gasteiger partial charge is 0.269 e. The van der Waals surface area contributed by atoms with Gasteiger partial charge in [-0.2, -0.15) is 0 Å². The van der Waals surface area contributed by atoms with Crippen molar-refractivity contribution < 1.29 is 4.79 Å². The summed E-state index contributed by atoms with van der Waals surface area (Å²) in [5.74, 6) is -0.556. The third kappa shape index (κ3) is 7.23. The highest BCUT2D eigenvalue weighted by molar-refractivity contribution is 5.79. The van der Waals surface area contributed by atoms with Crippen LogP contribution in [0.1, 0.15) is 65.2 Å². The van der Waals surface area contributed by atoms with Crippen LogP contribution in [0.15, 0.2) is 5.18 Å². The molecular weight excluding hydrogens is 190 g/mol. The van der Waals surface area contributed by atoms with Crippen molar-refractivity contribution in [3.05, 3.63) is 4.91 Å². The average molecular weight is 213 g/mol. The van der Waals surface area contributed by atoms with Crippen LogP contribution >= 0.6 is 0 Å². The van der Waals surface area contributed by atoms with Gasteiger partial charge in [0.1, 0.15) is 0 Å². The van der Waals surface area contributed by atoms with Gasteiger partial charge in [0, 0.05) is 11.1 Å². The summed E-state index contributed by atoms with van der Waals surface area (Å²) in [6.07, 6.45) is 8.35. The molecule has 0 aliphatic carbocycles. The summed E-state index contributed by atoms with van der Waals surface area (Å²) in [4.78, 5) is 21.4. The molecule has 0 N–H and O–H groups in total. The lowest BCUT2D eigenvalue weighted by Crippen LogP contribution is -2.11. The highest BCUT2D eigenvalue weighted by atomic mass is 16.3. The number of hydrogen-bond donors (Lipinski definition) is 0. The third-order valence-corrected chi connectivity index (χ3v) is 2.75. The maximum absolute atomic E-state index is 11.2. The Bertz CT molecular complexity index is 180. The number of unbranched alkanes of at least 4 members (excludes halogenated alkanes) is 4. The molecular formula is C12H23NO2. The van der Waals surface area contributed by atoms with Crippen LogP contribution in [0.2, 0.25) is 0 Å².